The molecule has 9 nitrogen and oxygen atoms in total. The van der Waals surface area contributed by atoms with Crippen LogP contribution in [0.1, 0.15) is 27.4 Å². The number of fused-ring (bicyclic) bond motifs is 3. The number of carbonyl (C=O) groups is 3. The van der Waals surface area contributed by atoms with Gasteiger partial charge < -0.3 is 24.7 Å². The van der Waals surface area contributed by atoms with E-state index in [1.54, 1.807) is 6.33 Å². The number of hydrogen-bond donors (Lipinski definition) is 3. The molecule has 1 amide bonds. The Bertz CT molecular complexity index is 1230. The van der Waals surface area contributed by atoms with Crippen molar-refractivity contribution in [3.63, 3.8) is 0 Å². The van der Waals surface area contributed by atoms with E-state index in [4.69, 9.17) is 16.6 Å². The van der Waals surface area contributed by atoms with E-state index >= 15 is 0 Å². The van der Waals surface area contributed by atoms with Crippen LogP contribution in [0.25, 0.3) is 10.9 Å². The largest absolute Gasteiger partial charge is 0.478 e. The zero-order valence-corrected chi connectivity index (χ0v) is 17.4. The number of aromatic nitrogens is 3. The van der Waals surface area contributed by atoms with Gasteiger partial charge in [0.15, 0.2) is 0 Å². The second-order valence-electron chi connectivity index (χ2n) is 7.09. The van der Waals surface area contributed by atoms with E-state index in [9.17, 15) is 14.4 Å². The SMILES string of the molecule is C#CCn1c2c(c3ccccc31)C(=O)N(Cc1nc[nH]c1C)CC2.O=C(O)/C=C\C(=O)O. The third-order valence-electron chi connectivity index (χ3n) is 5.09. The van der Waals surface area contributed by atoms with Crippen LogP contribution < -0.4 is 0 Å². The monoisotopic (exact) mass is 434 g/mol. The summed E-state index contributed by atoms with van der Waals surface area (Å²) in [5.41, 5.74) is 4.79. The zero-order chi connectivity index (χ0) is 23.3. The van der Waals surface area contributed by atoms with Crippen LogP contribution in [0.4, 0.5) is 0 Å². The summed E-state index contributed by atoms with van der Waals surface area (Å²) >= 11 is 0. The first-order valence-corrected chi connectivity index (χ1v) is 9.79. The van der Waals surface area contributed by atoms with Crippen molar-refractivity contribution in [2.45, 2.75) is 26.4 Å². The molecule has 1 aliphatic heterocycles. The van der Waals surface area contributed by atoms with Gasteiger partial charge in [-0.3, -0.25) is 4.79 Å². The van der Waals surface area contributed by atoms with Gasteiger partial charge in [-0.25, -0.2) is 14.6 Å². The summed E-state index contributed by atoms with van der Waals surface area (Å²) in [5.74, 6) is 0.253. The number of aliphatic carboxylic acids is 2. The highest BCUT2D eigenvalue weighted by atomic mass is 16.4. The number of hydrogen-bond acceptors (Lipinski definition) is 4. The molecular formula is C23H22N4O5. The number of benzene rings is 1. The lowest BCUT2D eigenvalue weighted by Gasteiger charge is -2.27. The molecule has 0 aliphatic carbocycles. The molecule has 3 N–H and O–H groups in total. The highest BCUT2D eigenvalue weighted by Crippen LogP contribution is 2.31. The topological polar surface area (TPSA) is 129 Å². The Kier molecular flexibility index (Phi) is 6.75. The fraction of sp³-hybridized carbons (Fsp3) is 0.217. The molecule has 2 aromatic heterocycles. The second-order valence-corrected chi connectivity index (χ2v) is 7.09. The molecule has 0 bridgehead atoms. The average Bonchev–Trinajstić information content (AvgIpc) is 3.31. The van der Waals surface area contributed by atoms with E-state index in [1.165, 1.54) is 0 Å². The summed E-state index contributed by atoms with van der Waals surface area (Å²) in [6, 6.07) is 7.98. The van der Waals surface area contributed by atoms with Gasteiger partial charge in [-0.2, -0.15) is 0 Å². The van der Waals surface area contributed by atoms with E-state index < -0.39 is 11.9 Å². The molecule has 0 unspecified atom stereocenters. The summed E-state index contributed by atoms with van der Waals surface area (Å²) < 4.78 is 2.10. The lowest BCUT2D eigenvalue weighted by atomic mass is 10.0. The number of imidazole rings is 1. The van der Waals surface area contributed by atoms with Crippen molar-refractivity contribution < 1.29 is 24.6 Å². The first-order chi connectivity index (χ1) is 15.3. The maximum Gasteiger partial charge on any atom is 0.328 e. The van der Waals surface area contributed by atoms with Gasteiger partial charge in [0, 0.05) is 47.4 Å². The minimum Gasteiger partial charge on any atom is -0.478 e. The Balaban J connectivity index is 0.000000312. The van der Waals surface area contributed by atoms with Gasteiger partial charge >= 0.3 is 11.9 Å². The molecule has 0 saturated carbocycles. The Labute approximate surface area is 184 Å². The fourth-order valence-corrected chi connectivity index (χ4v) is 3.65. The van der Waals surface area contributed by atoms with E-state index in [1.807, 2.05) is 36.1 Å². The van der Waals surface area contributed by atoms with Crippen LogP contribution in [0.15, 0.2) is 42.7 Å². The number of carboxylic acids is 2. The maximum atomic E-state index is 13.1. The van der Waals surface area contributed by atoms with Crippen LogP contribution >= 0.6 is 0 Å². The zero-order valence-electron chi connectivity index (χ0n) is 17.4. The van der Waals surface area contributed by atoms with E-state index in [-0.39, 0.29) is 5.91 Å². The number of H-pyrrole nitrogens is 1. The third kappa shape index (κ3) is 4.70. The molecule has 4 rings (SSSR count). The molecule has 0 spiro atoms. The van der Waals surface area contributed by atoms with Crippen molar-refractivity contribution in [2.24, 2.45) is 0 Å². The summed E-state index contributed by atoms with van der Waals surface area (Å²) in [5, 5.41) is 16.6. The standard InChI is InChI=1S/C19H18N4O.C4H4O4/c1-3-9-23-16-7-5-4-6-14(16)18-17(23)8-10-22(19(18)24)11-15-13(2)20-12-21-15;5-3(6)1-2-4(7)8/h1,4-7,12H,8-11H2,2H3,(H,20,21);1-2H,(H,5,6)(H,7,8)/b;2-1-. The van der Waals surface area contributed by atoms with Crippen molar-refractivity contribution >= 4 is 28.7 Å². The molecular weight excluding hydrogens is 412 g/mol. The molecule has 0 saturated heterocycles. The van der Waals surface area contributed by atoms with Crippen LogP contribution in [-0.4, -0.2) is 54.0 Å². The lowest BCUT2D eigenvalue weighted by molar-refractivity contribution is -0.134. The number of carbonyl (C=O) groups excluding carboxylic acids is 1. The van der Waals surface area contributed by atoms with Crippen molar-refractivity contribution in [1.82, 2.24) is 19.4 Å². The predicted octanol–water partition coefficient (Wildman–Crippen LogP) is 2.22. The van der Waals surface area contributed by atoms with Crippen molar-refractivity contribution in [1.29, 1.82) is 0 Å². The highest BCUT2D eigenvalue weighted by molar-refractivity contribution is 6.09. The summed E-state index contributed by atoms with van der Waals surface area (Å²) in [6.45, 7) is 3.67. The Morgan fingerprint density at radius 3 is 2.53 bits per heavy atom. The number of rotatable bonds is 5. The van der Waals surface area contributed by atoms with Gasteiger partial charge in [-0.05, 0) is 13.0 Å². The van der Waals surface area contributed by atoms with E-state index in [2.05, 4.69) is 20.5 Å². The molecule has 0 atom stereocenters. The number of terminal acetylenes is 1. The van der Waals surface area contributed by atoms with Crippen LogP contribution in [0.3, 0.4) is 0 Å². The number of nitrogens with zero attached hydrogens (tertiary/aromatic N) is 3. The van der Waals surface area contributed by atoms with Gasteiger partial charge in [0.1, 0.15) is 0 Å². The second kappa shape index (κ2) is 9.66. The van der Waals surface area contributed by atoms with E-state index in [0.717, 1.165) is 40.0 Å². The Morgan fingerprint density at radius 2 is 1.94 bits per heavy atom. The number of nitrogens with one attached hydrogen (secondary N) is 1. The van der Waals surface area contributed by atoms with Gasteiger partial charge in [-0.15, -0.1) is 6.42 Å². The molecule has 164 valence electrons. The van der Waals surface area contributed by atoms with E-state index in [0.29, 0.717) is 31.8 Å². The number of carboxylic acid groups (broad SMARTS) is 2. The van der Waals surface area contributed by atoms with Gasteiger partial charge in [0.25, 0.3) is 5.91 Å². The summed E-state index contributed by atoms with van der Waals surface area (Å²) in [6.07, 6.45) is 9.13. The van der Waals surface area contributed by atoms with Gasteiger partial charge in [0.05, 0.1) is 30.7 Å². The first-order valence-electron chi connectivity index (χ1n) is 9.79. The van der Waals surface area contributed by atoms with Gasteiger partial charge in [0.2, 0.25) is 0 Å². The minimum absolute atomic E-state index is 0.0608. The Morgan fingerprint density at radius 1 is 1.25 bits per heavy atom. The fourth-order valence-electron chi connectivity index (χ4n) is 3.65. The summed E-state index contributed by atoms with van der Waals surface area (Å²) in [4.78, 5) is 41.5. The quantitative estimate of drug-likeness (QED) is 0.417. The molecule has 3 heterocycles. The third-order valence-corrected chi connectivity index (χ3v) is 5.09. The van der Waals surface area contributed by atoms with Crippen LogP contribution in [0, 0.1) is 19.3 Å². The molecule has 0 fully saturated rings. The molecule has 3 aromatic rings. The lowest BCUT2D eigenvalue weighted by Crippen LogP contribution is -2.37. The first kappa shape index (κ1) is 22.4. The van der Waals surface area contributed by atoms with Crippen molar-refractivity contribution in [2.75, 3.05) is 6.54 Å². The summed E-state index contributed by atoms with van der Waals surface area (Å²) in [7, 11) is 0. The van der Waals surface area contributed by atoms with Crippen LogP contribution in [-0.2, 0) is 29.1 Å². The molecule has 1 aliphatic rings. The Hall–Kier alpha value is -4.32. The predicted molar refractivity (Wildman–Crippen MR) is 117 cm³/mol. The highest BCUT2D eigenvalue weighted by Gasteiger charge is 2.30. The number of amides is 1. The average molecular weight is 434 g/mol. The normalized spacial score (nSPS) is 12.9. The minimum atomic E-state index is -1.26. The van der Waals surface area contributed by atoms with Gasteiger partial charge in [-0.1, -0.05) is 24.1 Å². The van der Waals surface area contributed by atoms with Crippen molar-refractivity contribution in [3.8, 4) is 12.3 Å². The smallest absolute Gasteiger partial charge is 0.328 e. The molecule has 1 aromatic carbocycles. The molecule has 0 radical (unpaired) electrons. The number of aryl methyl sites for hydroxylation is 1. The molecule has 9 heteroatoms. The van der Waals surface area contributed by atoms with Crippen molar-refractivity contribution in [3.05, 3.63) is 65.4 Å². The molecule has 32 heavy (non-hydrogen) atoms. The number of aromatic amines is 1. The van der Waals surface area contributed by atoms with Crippen LogP contribution in [0.5, 0.6) is 0 Å². The van der Waals surface area contributed by atoms with Crippen LogP contribution in [0.2, 0.25) is 0 Å². The number of para-hydroxylation sites is 1. The maximum absolute atomic E-state index is 13.1.